The summed E-state index contributed by atoms with van der Waals surface area (Å²) >= 11 is 0. The Morgan fingerprint density at radius 1 is 0.636 bits per heavy atom. The van der Waals surface area contributed by atoms with Crippen molar-refractivity contribution >= 4 is 23.9 Å². The molecule has 4 rings (SSSR count). The third kappa shape index (κ3) is 2.22. The van der Waals surface area contributed by atoms with E-state index < -0.39 is 23.9 Å². The number of carbonyl (C=O) groups excluding carboxylic acids is 4. The molecule has 2 aliphatic heterocycles. The maximum Gasteiger partial charge on any atom is 0.365 e. The van der Waals surface area contributed by atoms with E-state index >= 15 is 0 Å². The second-order valence-electron chi connectivity index (χ2n) is 4.15. The van der Waals surface area contributed by atoms with Crippen LogP contribution in [0.15, 0.2) is 36.7 Å². The van der Waals surface area contributed by atoms with Gasteiger partial charge in [0, 0.05) is 12.4 Å². The monoisotopic (exact) mass is 298 g/mol. The maximum absolute atomic E-state index is 10.8. The Morgan fingerprint density at radius 2 is 1.05 bits per heavy atom. The Balaban J connectivity index is 0.000000131. The third-order valence-electron chi connectivity index (χ3n) is 2.81. The molecule has 8 heteroatoms. The summed E-state index contributed by atoms with van der Waals surface area (Å²) in [5, 5.41) is 0. The maximum atomic E-state index is 10.8. The van der Waals surface area contributed by atoms with Gasteiger partial charge in [0.05, 0.1) is 11.1 Å². The highest BCUT2D eigenvalue weighted by Gasteiger charge is 2.30. The highest BCUT2D eigenvalue weighted by Crippen LogP contribution is 2.16. The van der Waals surface area contributed by atoms with Crippen LogP contribution in [0.3, 0.4) is 0 Å². The molecule has 0 spiro atoms. The fourth-order valence-corrected chi connectivity index (χ4v) is 1.84. The summed E-state index contributed by atoms with van der Waals surface area (Å²) < 4.78 is 8.58. The van der Waals surface area contributed by atoms with Gasteiger partial charge in [-0.1, -0.05) is 0 Å². The Labute approximate surface area is 122 Å². The molecule has 0 N–H and O–H groups in total. The van der Waals surface area contributed by atoms with Crippen molar-refractivity contribution in [2.75, 3.05) is 0 Å². The summed E-state index contributed by atoms with van der Waals surface area (Å²) in [4.78, 5) is 50.5. The average Bonchev–Trinajstić information content (AvgIpc) is 2.99. The molecule has 0 unspecified atom stereocenters. The van der Waals surface area contributed by atoms with E-state index in [1.807, 2.05) is 0 Å². The minimum Gasteiger partial charge on any atom is -0.384 e. The van der Waals surface area contributed by atoms with Crippen LogP contribution >= 0.6 is 0 Å². The van der Waals surface area contributed by atoms with Gasteiger partial charge >= 0.3 is 23.9 Å². The molecule has 0 saturated heterocycles. The SMILES string of the molecule is O=C1OC(=O)c2ncccc21.O=C1OC(=O)c2ncccc21. The van der Waals surface area contributed by atoms with Crippen molar-refractivity contribution in [3.8, 4) is 0 Å². The normalized spacial score (nSPS) is 14.5. The van der Waals surface area contributed by atoms with E-state index in [9.17, 15) is 19.2 Å². The van der Waals surface area contributed by atoms with E-state index in [2.05, 4.69) is 19.4 Å². The van der Waals surface area contributed by atoms with Crippen LogP contribution in [-0.4, -0.2) is 33.8 Å². The number of rotatable bonds is 0. The minimum atomic E-state index is -0.661. The van der Waals surface area contributed by atoms with Crippen LogP contribution in [-0.2, 0) is 9.47 Å². The lowest BCUT2D eigenvalue weighted by atomic mass is 10.2. The molecule has 2 aromatic heterocycles. The van der Waals surface area contributed by atoms with Crippen LogP contribution < -0.4 is 0 Å². The molecular weight excluding hydrogens is 292 g/mol. The van der Waals surface area contributed by atoms with Crippen molar-refractivity contribution < 1.29 is 28.7 Å². The van der Waals surface area contributed by atoms with Gasteiger partial charge in [-0.15, -0.1) is 0 Å². The molecule has 0 bridgehead atoms. The smallest absolute Gasteiger partial charge is 0.365 e. The summed E-state index contributed by atoms with van der Waals surface area (Å²) in [5.74, 6) is -2.55. The molecule has 2 aliphatic rings. The van der Waals surface area contributed by atoms with Crippen LogP contribution in [0.2, 0.25) is 0 Å². The molecule has 4 heterocycles. The molecule has 2 aromatic rings. The van der Waals surface area contributed by atoms with E-state index in [-0.39, 0.29) is 22.5 Å². The number of hydrogen-bond acceptors (Lipinski definition) is 8. The molecule has 108 valence electrons. The lowest BCUT2D eigenvalue weighted by Gasteiger charge is -1.85. The van der Waals surface area contributed by atoms with Crippen molar-refractivity contribution in [1.82, 2.24) is 9.97 Å². The van der Waals surface area contributed by atoms with E-state index in [1.165, 1.54) is 24.5 Å². The highest BCUT2D eigenvalue weighted by molar-refractivity contribution is 6.14. The zero-order chi connectivity index (χ0) is 15.7. The van der Waals surface area contributed by atoms with Crippen LogP contribution in [0, 0.1) is 0 Å². The lowest BCUT2D eigenvalue weighted by molar-refractivity contribution is 0.0423. The van der Waals surface area contributed by atoms with Crippen molar-refractivity contribution in [3.63, 3.8) is 0 Å². The molecule has 0 fully saturated rings. The van der Waals surface area contributed by atoms with Crippen molar-refractivity contribution in [1.29, 1.82) is 0 Å². The van der Waals surface area contributed by atoms with Gasteiger partial charge < -0.3 is 9.47 Å². The molecular formula is C14H6N2O6. The zero-order valence-electron chi connectivity index (χ0n) is 10.8. The van der Waals surface area contributed by atoms with E-state index in [0.717, 1.165) is 0 Å². The van der Waals surface area contributed by atoms with Gasteiger partial charge in [-0.25, -0.2) is 29.1 Å². The fourth-order valence-electron chi connectivity index (χ4n) is 1.84. The summed E-state index contributed by atoms with van der Waals surface area (Å²) in [6.45, 7) is 0. The van der Waals surface area contributed by atoms with E-state index in [0.29, 0.717) is 0 Å². The molecule has 0 saturated carbocycles. The Hall–Kier alpha value is -3.42. The van der Waals surface area contributed by atoms with Crippen molar-refractivity contribution in [2.45, 2.75) is 0 Å². The first-order valence-corrected chi connectivity index (χ1v) is 6.01. The van der Waals surface area contributed by atoms with Gasteiger partial charge in [-0.05, 0) is 24.3 Å². The fraction of sp³-hybridized carbons (Fsp3) is 0. The Bertz CT molecular complexity index is 694. The number of hydrogen-bond donors (Lipinski definition) is 0. The number of esters is 4. The number of pyridine rings is 2. The number of fused-ring (bicyclic) bond motifs is 2. The summed E-state index contributed by atoms with van der Waals surface area (Å²) in [5.41, 5.74) is 0.713. The van der Waals surface area contributed by atoms with E-state index in [1.54, 1.807) is 12.1 Å². The number of aromatic nitrogens is 2. The number of ether oxygens (including phenoxy) is 2. The number of cyclic esters (lactones) is 4. The molecule has 8 nitrogen and oxygen atoms in total. The van der Waals surface area contributed by atoms with Gasteiger partial charge in [0.15, 0.2) is 11.4 Å². The van der Waals surface area contributed by atoms with Gasteiger partial charge in [-0.2, -0.15) is 0 Å². The van der Waals surface area contributed by atoms with Crippen LogP contribution in [0.4, 0.5) is 0 Å². The van der Waals surface area contributed by atoms with Crippen LogP contribution in [0.5, 0.6) is 0 Å². The largest absolute Gasteiger partial charge is 0.384 e. The van der Waals surface area contributed by atoms with E-state index in [4.69, 9.17) is 0 Å². The molecule has 0 amide bonds. The third-order valence-corrected chi connectivity index (χ3v) is 2.81. The topological polar surface area (TPSA) is 113 Å². The van der Waals surface area contributed by atoms with Crippen molar-refractivity contribution in [3.05, 3.63) is 59.2 Å². The number of nitrogens with zero attached hydrogens (tertiary/aromatic N) is 2. The molecule has 0 radical (unpaired) electrons. The van der Waals surface area contributed by atoms with Gasteiger partial charge in [0.2, 0.25) is 0 Å². The minimum absolute atomic E-state index is 0.109. The first kappa shape index (κ1) is 13.6. The van der Waals surface area contributed by atoms with Gasteiger partial charge in [0.1, 0.15) is 0 Å². The number of carbonyl (C=O) groups is 4. The van der Waals surface area contributed by atoms with Gasteiger partial charge in [-0.3, -0.25) is 0 Å². The lowest BCUT2D eigenvalue weighted by Crippen LogP contribution is -1.97. The molecule has 22 heavy (non-hydrogen) atoms. The first-order chi connectivity index (χ1) is 10.6. The predicted octanol–water partition coefficient (Wildman–Crippen LogP) is 0.784. The Morgan fingerprint density at radius 3 is 1.41 bits per heavy atom. The second kappa shape index (κ2) is 5.17. The van der Waals surface area contributed by atoms with Crippen LogP contribution in [0.1, 0.15) is 41.7 Å². The first-order valence-electron chi connectivity index (χ1n) is 6.01. The summed E-state index contributed by atoms with van der Waals surface area (Å²) in [7, 11) is 0. The summed E-state index contributed by atoms with van der Waals surface area (Å²) in [6.07, 6.45) is 2.89. The zero-order valence-corrected chi connectivity index (χ0v) is 10.8. The standard InChI is InChI=1S/2C7H3NO3/c2*9-6-4-2-1-3-8-5(4)7(10)11-6/h2*1-3H. The van der Waals surface area contributed by atoms with Crippen LogP contribution in [0.25, 0.3) is 0 Å². The van der Waals surface area contributed by atoms with Gasteiger partial charge in [0.25, 0.3) is 0 Å². The predicted molar refractivity (Wildman–Crippen MR) is 68.0 cm³/mol. The molecule has 0 aromatic carbocycles. The summed E-state index contributed by atoms with van der Waals surface area (Å²) in [6, 6.07) is 6.18. The molecule has 0 aliphatic carbocycles. The average molecular weight is 298 g/mol. The molecule has 0 atom stereocenters. The second-order valence-corrected chi connectivity index (χ2v) is 4.15. The quantitative estimate of drug-likeness (QED) is 0.518. The highest BCUT2D eigenvalue weighted by atomic mass is 16.6. The van der Waals surface area contributed by atoms with Crippen molar-refractivity contribution in [2.24, 2.45) is 0 Å². The Kier molecular flexibility index (Phi) is 3.18.